The summed E-state index contributed by atoms with van der Waals surface area (Å²) in [5, 5.41) is 2.85. The van der Waals surface area contributed by atoms with Gasteiger partial charge in [0.15, 0.2) is 5.78 Å². The minimum absolute atomic E-state index is 0.119. The second-order valence-electron chi connectivity index (χ2n) is 7.45. The average molecular weight is 517 g/mol. The van der Waals surface area contributed by atoms with Crippen molar-refractivity contribution in [2.45, 2.75) is 54.1 Å². The number of hydrogen-bond acceptors (Lipinski definition) is 5. The number of anilines is 1. The van der Waals surface area contributed by atoms with Crippen LogP contribution in [0.3, 0.4) is 0 Å². The summed E-state index contributed by atoms with van der Waals surface area (Å²) in [5.74, 6) is -0.283. The van der Waals surface area contributed by atoms with Crippen LogP contribution >= 0.6 is 11.6 Å². The predicted octanol–water partition coefficient (Wildman–Crippen LogP) is 8.10. The van der Waals surface area contributed by atoms with E-state index >= 15 is 0 Å². The van der Waals surface area contributed by atoms with E-state index in [9.17, 15) is 14.0 Å². The van der Waals surface area contributed by atoms with Crippen LogP contribution in [0.1, 0.15) is 73.7 Å². The van der Waals surface area contributed by atoms with Crippen LogP contribution in [-0.2, 0) is 11.3 Å². The van der Waals surface area contributed by atoms with Crippen molar-refractivity contribution in [1.82, 2.24) is 4.98 Å². The van der Waals surface area contributed by atoms with Gasteiger partial charge < -0.3 is 14.8 Å². The highest BCUT2D eigenvalue weighted by molar-refractivity contribution is 6.30. The molecule has 0 atom stereocenters. The number of carbonyl (C=O) groups excluding carboxylic acids is 2. The molecule has 36 heavy (non-hydrogen) atoms. The van der Waals surface area contributed by atoms with E-state index in [1.54, 1.807) is 24.3 Å². The Morgan fingerprint density at radius 2 is 1.64 bits per heavy atom. The van der Waals surface area contributed by atoms with Crippen molar-refractivity contribution in [1.29, 1.82) is 0 Å². The first-order valence-electron chi connectivity index (χ1n) is 11.8. The third-order valence-electron chi connectivity index (χ3n) is 4.52. The fourth-order valence-electron chi connectivity index (χ4n) is 2.69. The largest absolute Gasteiger partial charge is 0.457 e. The molecule has 0 fully saturated rings. The van der Waals surface area contributed by atoms with Gasteiger partial charge in [-0.25, -0.2) is 9.37 Å². The van der Waals surface area contributed by atoms with Crippen molar-refractivity contribution in [2.24, 2.45) is 0 Å². The average Bonchev–Trinajstić information content (AvgIpc) is 2.85. The summed E-state index contributed by atoms with van der Waals surface area (Å²) < 4.78 is 24.4. The van der Waals surface area contributed by atoms with Gasteiger partial charge >= 0.3 is 0 Å². The zero-order valence-electron chi connectivity index (χ0n) is 21.7. The van der Waals surface area contributed by atoms with Crippen molar-refractivity contribution in [3.8, 4) is 11.5 Å². The number of ketones is 1. The van der Waals surface area contributed by atoms with E-state index < -0.39 is 11.7 Å². The second kappa shape index (κ2) is 16.4. The maximum absolute atomic E-state index is 13.6. The second-order valence-corrected chi connectivity index (χ2v) is 7.88. The molecule has 0 radical (unpaired) electrons. The lowest BCUT2D eigenvalue weighted by atomic mass is 10.1. The minimum Gasteiger partial charge on any atom is -0.457 e. The molecule has 6 nitrogen and oxygen atoms in total. The number of nitrogens with one attached hydrogen (secondary N) is 1. The van der Waals surface area contributed by atoms with Crippen molar-refractivity contribution < 1.29 is 23.5 Å². The Hall–Kier alpha value is -3.29. The molecule has 0 aliphatic carbocycles. The van der Waals surface area contributed by atoms with Crippen LogP contribution in [0.25, 0.3) is 0 Å². The maximum atomic E-state index is 13.6. The van der Waals surface area contributed by atoms with E-state index in [1.807, 2.05) is 13.8 Å². The van der Waals surface area contributed by atoms with E-state index in [-0.39, 0.29) is 23.2 Å². The minimum atomic E-state index is -0.538. The molecule has 1 aromatic heterocycles. The molecule has 0 aliphatic heterocycles. The van der Waals surface area contributed by atoms with Crippen molar-refractivity contribution in [2.75, 3.05) is 12.4 Å². The summed E-state index contributed by atoms with van der Waals surface area (Å²) in [6.07, 6.45) is 4.03. The fraction of sp³-hybridized carbons (Fsp3) is 0.321. The highest BCUT2D eigenvalue weighted by Gasteiger charge is 2.12. The quantitative estimate of drug-likeness (QED) is 0.306. The fourth-order valence-corrected chi connectivity index (χ4v) is 2.90. The lowest BCUT2D eigenvalue weighted by Crippen LogP contribution is -2.13. The van der Waals surface area contributed by atoms with Crippen LogP contribution in [0, 0.1) is 5.82 Å². The molecule has 0 bridgehead atoms. The zero-order chi connectivity index (χ0) is 27.1. The number of hydrogen-bond donors (Lipinski definition) is 1. The first kappa shape index (κ1) is 30.7. The first-order chi connectivity index (χ1) is 17.2. The molecule has 1 N–H and O–H groups in total. The van der Waals surface area contributed by atoms with Crippen LogP contribution in [-0.4, -0.2) is 23.8 Å². The SMILES string of the molecule is CC.CCCC.COCc1cc(Oc2cc(F)cc(Cl)c2)cc(C(=O)Nc2ccc(C(C)=O)cn2)c1. The highest BCUT2D eigenvalue weighted by Crippen LogP contribution is 2.28. The molecule has 0 saturated carbocycles. The normalized spacial score (nSPS) is 9.78. The number of aromatic nitrogens is 1. The van der Waals surface area contributed by atoms with Crippen LogP contribution in [0.15, 0.2) is 54.7 Å². The Morgan fingerprint density at radius 3 is 2.17 bits per heavy atom. The monoisotopic (exact) mass is 516 g/mol. The molecule has 3 rings (SSSR count). The molecule has 8 heteroatoms. The van der Waals surface area contributed by atoms with Gasteiger partial charge in [0.25, 0.3) is 5.91 Å². The third-order valence-corrected chi connectivity index (χ3v) is 4.74. The molecule has 194 valence electrons. The predicted molar refractivity (Wildman–Crippen MR) is 143 cm³/mol. The molecule has 0 spiro atoms. The van der Waals surface area contributed by atoms with E-state index in [2.05, 4.69) is 24.1 Å². The maximum Gasteiger partial charge on any atom is 0.256 e. The number of benzene rings is 2. The summed E-state index contributed by atoms with van der Waals surface area (Å²) in [6.45, 7) is 10.0. The zero-order valence-corrected chi connectivity index (χ0v) is 22.4. The molecule has 0 saturated heterocycles. The Kier molecular flexibility index (Phi) is 14.0. The summed E-state index contributed by atoms with van der Waals surface area (Å²) in [4.78, 5) is 28.1. The number of rotatable bonds is 8. The van der Waals surface area contributed by atoms with E-state index in [4.69, 9.17) is 21.1 Å². The third kappa shape index (κ3) is 10.5. The Labute approximate surface area is 217 Å². The summed E-state index contributed by atoms with van der Waals surface area (Å²) in [7, 11) is 1.53. The van der Waals surface area contributed by atoms with Crippen LogP contribution in [0.5, 0.6) is 11.5 Å². The Morgan fingerprint density at radius 1 is 0.972 bits per heavy atom. The summed E-state index contributed by atoms with van der Waals surface area (Å²) >= 11 is 5.87. The standard InChI is InChI=1S/C22H18ClFN2O4.C4H10.C2H6/c1-13(27)15-3-4-21(25-11-15)26-22(28)16-5-14(12-29-2)6-19(7-16)30-20-9-17(23)8-18(24)10-20;1-3-4-2;1-2/h3-11H,12H2,1-2H3,(H,25,26,28);3-4H2,1-2H3;1-2H3. The molecular formula is C28H34ClFN2O4. The highest BCUT2D eigenvalue weighted by atomic mass is 35.5. The van der Waals surface area contributed by atoms with Gasteiger partial charge in [0.05, 0.1) is 6.61 Å². The number of pyridine rings is 1. The summed E-state index contributed by atoms with van der Waals surface area (Å²) in [5.41, 5.74) is 1.42. The molecule has 1 amide bonds. The Bertz CT molecular complexity index is 1100. The van der Waals surface area contributed by atoms with Gasteiger partial charge in [0.2, 0.25) is 0 Å². The van der Waals surface area contributed by atoms with Gasteiger partial charge in [-0.3, -0.25) is 9.59 Å². The number of methoxy groups -OCH3 is 1. The van der Waals surface area contributed by atoms with E-state index in [0.717, 1.165) is 0 Å². The number of carbonyl (C=O) groups is 2. The molecule has 0 aliphatic rings. The van der Waals surface area contributed by atoms with Gasteiger partial charge in [-0.2, -0.15) is 0 Å². The molecule has 1 heterocycles. The molecule has 0 unspecified atom stereocenters. The number of unbranched alkanes of at least 4 members (excludes halogenated alkanes) is 1. The number of halogens is 2. The van der Waals surface area contributed by atoms with Crippen LogP contribution in [0.4, 0.5) is 10.2 Å². The van der Waals surface area contributed by atoms with Crippen molar-refractivity contribution >= 4 is 29.1 Å². The lowest BCUT2D eigenvalue weighted by molar-refractivity contribution is 0.101. The van der Waals surface area contributed by atoms with E-state index in [0.29, 0.717) is 28.3 Å². The van der Waals surface area contributed by atoms with Gasteiger partial charge in [0.1, 0.15) is 23.1 Å². The first-order valence-corrected chi connectivity index (χ1v) is 12.2. The van der Waals surface area contributed by atoms with Gasteiger partial charge in [-0.15, -0.1) is 0 Å². The Balaban J connectivity index is 0.000000982. The number of Topliss-reactive ketones (excluding diaryl/α,β-unsaturated/α-hetero) is 1. The molecule has 3 aromatic rings. The number of ether oxygens (including phenoxy) is 2. The van der Waals surface area contributed by atoms with Crippen molar-refractivity contribution in [3.63, 3.8) is 0 Å². The number of amides is 1. The lowest BCUT2D eigenvalue weighted by Gasteiger charge is -2.12. The van der Waals surface area contributed by atoms with Gasteiger partial charge in [-0.1, -0.05) is 52.1 Å². The molecular weight excluding hydrogens is 483 g/mol. The van der Waals surface area contributed by atoms with E-state index in [1.165, 1.54) is 57.3 Å². The number of nitrogens with zero attached hydrogens (tertiary/aromatic N) is 1. The van der Waals surface area contributed by atoms with Crippen LogP contribution < -0.4 is 10.1 Å². The van der Waals surface area contributed by atoms with Crippen molar-refractivity contribution in [3.05, 3.63) is 82.3 Å². The van der Waals surface area contributed by atoms with Gasteiger partial charge in [0, 0.05) is 35.5 Å². The topological polar surface area (TPSA) is 77.5 Å². The van der Waals surface area contributed by atoms with Crippen LogP contribution in [0.2, 0.25) is 5.02 Å². The smallest absolute Gasteiger partial charge is 0.256 e. The molecule has 2 aromatic carbocycles. The van der Waals surface area contributed by atoms with Gasteiger partial charge in [-0.05, 0) is 55.0 Å². The summed E-state index contributed by atoms with van der Waals surface area (Å²) in [6, 6.07) is 11.8.